The smallest absolute Gasteiger partial charge is 0.449 e. The lowest BCUT2D eigenvalue weighted by molar-refractivity contribution is 0.150. The van der Waals surface area contributed by atoms with Crippen molar-refractivity contribution in [3.05, 3.63) is 91.0 Å². The van der Waals surface area contributed by atoms with Gasteiger partial charge in [-0.3, -0.25) is 0 Å². The molecule has 0 radical (unpaired) electrons. The molecule has 0 unspecified atom stereocenters. The molecule has 0 saturated heterocycles. The molecule has 0 aliphatic rings. The molecule has 0 atom stereocenters. The molecule has 116 valence electrons. The second-order valence-electron chi connectivity index (χ2n) is 4.84. The zero-order valence-corrected chi connectivity index (χ0v) is 13.1. The van der Waals surface area contributed by atoms with Crippen molar-refractivity contribution in [1.82, 2.24) is 0 Å². The minimum atomic E-state index is -2.33. The maximum atomic E-state index is 11.5. The van der Waals surface area contributed by atoms with Crippen molar-refractivity contribution in [2.45, 2.75) is 14.7 Å². The molecule has 3 aromatic rings. The highest BCUT2D eigenvalue weighted by Gasteiger charge is 2.35. The lowest BCUT2D eigenvalue weighted by atomic mass is 10.4. The third kappa shape index (κ3) is 2.94. The predicted octanol–water partition coefficient (Wildman–Crippen LogP) is 5.58. The first kappa shape index (κ1) is 15.2. The van der Waals surface area contributed by atoms with E-state index in [1.807, 2.05) is 91.0 Å². The Kier molecular flexibility index (Phi) is 4.35. The summed E-state index contributed by atoms with van der Waals surface area (Å²) in [6, 6.07) is 28.6. The van der Waals surface area contributed by atoms with Gasteiger partial charge in [0.1, 0.15) is 0 Å². The van der Waals surface area contributed by atoms with Crippen LogP contribution in [0.3, 0.4) is 0 Å². The molecule has 1 N–H and O–H groups in total. The van der Waals surface area contributed by atoms with Gasteiger partial charge in [0, 0.05) is 14.7 Å². The normalized spacial score (nSPS) is 11.7. The van der Waals surface area contributed by atoms with Crippen LogP contribution in [0.25, 0.3) is 0 Å². The second-order valence-corrected chi connectivity index (χ2v) is 7.54. The number of benzene rings is 3. The van der Waals surface area contributed by atoms with E-state index in [9.17, 15) is 9.90 Å². The summed E-state index contributed by atoms with van der Waals surface area (Å²) in [7, 11) is -2.33. The summed E-state index contributed by atoms with van der Waals surface area (Å²) in [6.45, 7) is 0. The first-order valence-corrected chi connectivity index (χ1v) is 8.70. The number of carboxylic acid groups (broad SMARTS) is 1. The molecule has 0 spiro atoms. The summed E-state index contributed by atoms with van der Waals surface area (Å²) in [4.78, 5) is 14.1. The average molecular weight is 324 g/mol. The van der Waals surface area contributed by atoms with Crippen LogP contribution in [0, 0.1) is 0 Å². The molecule has 0 amide bonds. The molecule has 0 bridgehead atoms. The first-order chi connectivity index (χ1) is 11.2. The Morgan fingerprint density at radius 1 is 0.652 bits per heavy atom. The van der Waals surface area contributed by atoms with E-state index in [-0.39, 0.29) is 0 Å². The summed E-state index contributed by atoms with van der Waals surface area (Å²) < 4.78 is 5.60. The Hall–Kier alpha value is -2.72. The van der Waals surface area contributed by atoms with Crippen LogP contribution in [0.4, 0.5) is 4.79 Å². The summed E-state index contributed by atoms with van der Waals surface area (Å²) in [6.07, 6.45) is -1.28. The van der Waals surface area contributed by atoms with Crippen LogP contribution in [0.2, 0.25) is 0 Å². The summed E-state index contributed by atoms with van der Waals surface area (Å²) in [5.74, 6) is 0. The van der Waals surface area contributed by atoms with Crippen LogP contribution in [-0.2, 0) is 4.18 Å². The van der Waals surface area contributed by atoms with Gasteiger partial charge in [0.05, 0.1) is 0 Å². The van der Waals surface area contributed by atoms with Crippen molar-refractivity contribution in [2.24, 2.45) is 0 Å². The summed E-state index contributed by atoms with van der Waals surface area (Å²) in [5, 5.41) is 9.43. The van der Waals surface area contributed by atoms with Gasteiger partial charge < -0.3 is 9.29 Å². The Labute approximate surface area is 136 Å². The third-order valence-electron chi connectivity index (χ3n) is 3.42. The van der Waals surface area contributed by atoms with Gasteiger partial charge in [-0.1, -0.05) is 54.6 Å². The fraction of sp³-hybridized carbons (Fsp3) is 0. The van der Waals surface area contributed by atoms with Gasteiger partial charge in [-0.15, -0.1) is 0 Å². The van der Waals surface area contributed by atoms with Crippen LogP contribution >= 0.6 is 10.3 Å². The Morgan fingerprint density at radius 3 is 1.22 bits per heavy atom. The van der Waals surface area contributed by atoms with Crippen LogP contribution in [0.15, 0.2) is 106 Å². The molecule has 4 heteroatoms. The summed E-state index contributed by atoms with van der Waals surface area (Å²) >= 11 is 0. The van der Waals surface area contributed by atoms with Gasteiger partial charge in [-0.25, -0.2) is 4.79 Å². The lowest BCUT2D eigenvalue weighted by Crippen LogP contribution is -2.11. The van der Waals surface area contributed by atoms with E-state index in [4.69, 9.17) is 4.18 Å². The van der Waals surface area contributed by atoms with Crippen LogP contribution in [-0.4, -0.2) is 11.3 Å². The topological polar surface area (TPSA) is 46.5 Å². The third-order valence-corrected chi connectivity index (χ3v) is 6.62. The molecule has 0 aliphatic heterocycles. The van der Waals surface area contributed by atoms with E-state index in [2.05, 4.69) is 0 Å². The van der Waals surface area contributed by atoms with Crippen molar-refractivity contribution in [2.75, 3.05) is 0 Å². The van der Waals surface area contributed by atoms with Gasteiger partial charge in [0.25, 0.3) is 0 Å². The summed E-state index contributed by atoms with van der Waals surface area (Å²) in [5.41, 5.74) is 0. The Morgan fingerprint density at radius 2 is 0.957 bits per heavy atom. The van der Waals surface area contributed by atoms with Crippen molar-refractivity contribution in [3.63, 3.8) is 0 Å². The fourth-order valence-electron chi connectivity index (χ4n) is 2.50. The second kappa shape index (κ2) is 6.58. The monoisotopic (exact) mass is 324 g/mol. The maximum Gasteiger partial charge on any atom is 0.517 e. The van der Waals surface area contributed by atoms with Crippen molar-refractivity contribution in [1.29, 1.82) is 0 Å². The van der Waals surface area contributed by atoms with Crippen LogP contribution in [0.5, 0.6) is 0 Å². The van der Waals surface area contributed by atoms with Gasteiger partial charge >= 0.3 is 6.16 Å². The molecule has 0 heterocycles. The minimum Gasteiger partial charge on any atom is -0.449 e. The largest absolute Gasteiger partial charge is 0.517 e. The lowest BCUT2D eigenvalue weighted by Gasteiger charge is -2.38. The predicted molar refractivity (Wildman–Crippen MR) is 90.8 cm³/mol. The molecule has 0 aromatic heterocycles. The number of hydrogen-bond acceptors (Lipinski definition) is 2. The molecule has 0 fully saturated rings. The highest BCUT2D eigenvalue weighted by molar-refractivity contribution is 8.30. The van der Waals surface area contributed by atoms with E-state index in [0.717, 1.165) is 14.7 Å². The molecule has 0 saturated carbocycles. The van der Waals surface area contributed by atoms with Crippen molar-refractivity contribution >= 4 is 16.5 Å². The zero-order valence-electron chi connectivity index (χ0n) is 12.3. The molecular weight excluding hydrogens is 308 g/mol. The molecule has 3 rings (SSSR count). The van der Waals surface area contributed by atoms with E-state index in [0.29, 0.717) is 0 Å². The molecule has 3 nitrogen and oxygen atoms in total. The van der Waals surface area contributed by atoms with Crippen molar-refractivity contribution < 1.29 is 14.1 Å². The molecular formula is C19H16O3S. The van der Waals surface area contributed by atoms with Gasteiger partial charge in [0.15, 0.2) is 0 Å². The fourth-order valence-corrected chi connectivity index (χ4v) is 5.44. The van der Waals surface area contributed by atoms with E-state index >= 15 is 0 Å². The molecule has 0 aliphatic carbocycles. The van der Waals surface area contributed by atoms with E-state index in [1.54, 1.807) is 0 Å². The minimum absolute atomic E-state index is 0.847. The van der Waals surface area contributed by atoms with Crippen LogP contribution < -0.4 is 0 Å². The quantitative estimate of drug-likeness (QED) is 0.681. The number of rotatable bonds is 4. The van der Waals surface area contributed by atoms with Gasteiger partial charge in [-0.05, 0) is 46.7 Å². The van der Waals surface area contributed by atoms with Crippen LogP contribution in [0.1, 0.15) is 0 Å². The number of hydrogen-bond donors (Lipinski definition) is 1. The molecule has 3 aromatic carbocycles. The first-order valence-electron chi connectivity index (χ1n) is 7.14. The van der Waals surface area contributed by atoms with Gasteiger partial charge in [0.2, 0.25) is 0 Å². The van der Waals surface area contributed by atoms with E-state index in [1.165, 1.54) is 0 Å². The SMILES string of the molecule is O=C(O)OS(c1ccccc1)(c1ccccc1)c1ccccc1. The maximum absolute atomic E-state index is 11.5. The highest BCUT2D eigenvalue weighted by Crippen LogP contribution is 2.68. The zero-order chi connectivity index (χ0) is 16.1. The Bertz CT molecular complexity index is 677. The van der Waals surface area contributed by atoms with Crippen molar-refractivity contribution in [3.8, 4) is 0 Å². The van der Waals surface area contributed by atoms with E-state index < -0.39 is 16.5 Å². The Balaban J connectivity index is 2.32. The van der Waals surface area contributed by atoms with Gasteiger partial charge in [-0.2, -0.15) is 0 Å². The standard InChI is InChI=1S/C19H16O3S/c20-19(21)22-23(16-10-4-1-5-11-16,17-12-6-2-7-13-17)18-14-8-3-9-15-18/h1-15H,(H,20,21). The number of carbonyl (C=O) groups is 1. The highest BCUT2D eigenvalue weighted by atomic mass is 32.3. The average Bonchev–Trinajstić information content (AvgIpc) is 2.62. The molecule has 23 heavy (non-hydrogen) atoms.